The van der Waals surface area contributed by atoms with E-state index in [1.54, 1.807) is 43.5 Å². The van der Waals surface area contributed by atoms with Crippen molar-refractivity contribution in [3.05, 3.63) is 54.1 Å². The standard InChI is InChI=1S/C21H25N3O4S2/c1-28-18-9-5-16(6-10-18)15-20(25)23-21(29)22-17-7-11-19(12-8-17)30(26,27)24-13-3-2-4-14-24/h5-12H,2-4,13-15H2,1H3,(H2,22,23,25,29). The lowest BCUT2D eigenvalue weighted by molar-refractivity contribution is -0.119. The molecule has 0 spiro atoms. The fourth-order valence-electron chi connectivity index (χ4n) is 3.23. The van der Waals surface area contributed by atoms with Crippen molar-refractivity contribution in [1.29, 1.82) is 0 Å². The van der Waals surface area contributed by atoms with Gasteiger partial charge < -0.3 is 15.4 Å². The smallest absolute Gasteiger partial charge is 0.243 e. The van der Waals surface area contributed by atoms with Crippen LogP contribution in [-0.4, -0.2) is 43.9 Å². The van der Waals surface area contributed by atoms with Gasteiger partial charge in [0.15, 0.2) is 5.11 Å². The van der Waals surface area contributed by atoms with Crippen LogP contribution in [0.4, 0.5) is 5.69 Å². The SMILES string of the molecule is COc1ccc(CC(=O)NC(=S)Nc2ccc(S(=O)(=O)N3CCCCC3)cc2)cc1. The molecule has 0 atom stereocenters. The van der Waals surface area contributed by atoms with Gasteiger partial charge in [0.1, 0.15) is 5.75 Å². The lowest BCUT2D eigenvalue weighted by Crippen LogP contribution is -2.36. The summed E-state index contributed by atoms with van der Waals surface area (Å²) in [5.41, 5.74) is 1.44. The second-order valence-corrected chi connectivity index (χ2v) is 9.36. The van der Waals surface area contributed by atoms with Crippen LogP contribution >= 0.6 is 12.2 Å². The van der Waals surface area contributed by atoms with Crippen molar-refractivity contribution in [1.82, 2.24) is 9.62 Å². The summed E-state index contributed by atoms with van der Waals surface area (Å²) in [5.74, 6) is 0.476. The quantitative estimate of drug-likeness (QED) is 0.662. The number of sulfonamides is 1. The van der Waals surface area contributed by atoms with Crippen molar-refractivity contribution in [3.8, 4) is 5.75 Å². The molecule has 1 amide bonds. The fraction of sp³-hybridized carbons (Fsp3) is 0.333. The summed E-state index contributed by atoms with van der Waals surface area (Å²) in [4.78, 5) is 12.4. The summed E-state index contributed by atoms with van der Waals surface area (Å²) in [5, 5.41) is 5.68. The molecule has 0 aliphatic carbocycles. The highest BCUT2D eigenvalue weighted by Crippen LogP contribution is 2.22. The molecule has 0 aromatic heterocycles. The molecular formula is C21H25N3O4S2. The van der Waals surface area contributed by atoms with Gasteiger partial charge in [0.2, 0.25) is 15.9 Å². The number of amides is 1. The molecule has 2 aromatic rings. The second kappa shape index (κ2) is 10.0. The first kappa shape index (κ1) is 22.2. The minimum absolute atomic E-state index is 0.153. The molecular weight excluding hydrogens is 422 g/mol. The van der Waals surface area contributed by atoms with Crippen LogP contribution in [0.15, 0.2) is 53.4 Å². The van der Waals surface area contributed by atoms with E-state index in [-0.39, 0.29) is 22.3 Å². The van der Waals surface area contributed by atoms with E-state index in [1.165, 1.54) is 4.31 Å². The Morgan fingerprint density at radius 1 is 1.03 bits per heavy atom. The van der Waals surface area contributed by atoms with Gasteiger partial charge in [0.25, 0.3) is 0 Å². The zero-order valence-corrected chi connectivity index (χ0v) is 18.4. The summed E-state index contributed by atoms with van der Waals surface area (Å²) in [6.07, 6.45) is 3.03. The number of hydrogen-bond acceptors (Lipinski definition) is 5. The number of methoxy groups -OCH3 is 1. The number of carbonyl (C=O) groups excluding carboxylic acids is 1. The van der Waals surface area contributed by atoms with Crippen LogP contribution in [0.5, 0.6) is 5.75 Å². The number of rotatable bonds is 6. The Balaban J connectivity index is 1.54. The fourth-order valence-corrected chi connectivity index (χ4v) is 4.98. The van der Waals surface area contributed by atoms with Crippen molar-refractivity contribution >= 4 is 38.9 Å². The summed E-state index contributed by atoms with van der Waals surface area (Å²) in [7, 11) is -1.89. The zero-order chi connectivity index (χ0) is 21.6. The highest BCUT2D eigenvalue weighted by molar-refractivity contribution is 7.89. The third kappa shape index (κ3) is 5.78. The van der Waals surface area contributed by atoms with E-state index in [0.717, 1.165) is 30.6 Å². The molecule has 30 heavy (non-hydrogen) atoms. The molecule has 2 N–H and O–H groups in total. The van der Waals surface area contributed by atoms with E-state index in [9.17, 15) is 13.2 Å². The number of benzene rings is 2. The van der Waals surface area contributed by atoms with E-state index < -0.39 is 10.0 Å². The molecule has 9 heteroatoms. The number of piperidine rings is 1. The molecule has 0 saturated carbocycles. The first-order valence-electron chi connectivity index (χ1n) is 9.72. The molecule has 2 aromatic carbocycles. The lowest BCUT2D eigenvalue weighted by Gasteiger charge is -2.25. The number of ether oxygens (including phenoxy) is 1. The summed E-state index contributed by atoms with van der Waals surface area (Å²) < 4.78 is 32.0. The Bertz CT molecular complexity index is 984. The monoisotopic (exact) mass is 447 g/mol. The van der Waals surface area contributed by atoms with Gasteiger partial charge in [-0.2, -0.15) is 4.31 Å². The predicted octanol–water partition coefficient (Wildman–Crippen LogP) is 2.93. The van der Waals surface area contributed by atoms with Crippen LogP contribution < -0.4 is 15.4 Å². The topological polar surface area (TPSA) is 87.7 Å². The Morgan fingerprint density at radius 3 is 2.27 bits per heavy atom. The van der Waals surface area contributed by atoms with Gasteiger partial charge in [-0.15, -0.1) is 0 Å². The molecule has 3 rings (SSSR count). The second-order valence-electron chi connectivity index (χ2n) is 7.02. The Hall–Kier alpha value is -2.49. The average Bonchev–Trinajstić information content (AvgIpc) is 2.75. The Morgan fingerprint density at radius 2 is 1.67 bits per heavy atom. The maximum atomic E-state index is 12.7. The van der Waals surface area contributed by atoms with Crippen LogP contribution in [0.25, 0.3) is 0 Å². The van der Waals surface area contributed by atoms with Crippen LogP contribution in [0.1, 0.15) is 24.8 Å². The molecule has 0 radical (unpaired) electrons. The molecule has 1 fully saturated rings. The average molecular weight is 448 g/mol. The van der Waals surface area contributed by atoms with Crippen LogP contribution in [0.2, 0.25) is 0 Å². The van der Waals surface area contributed by atoms with Crippen LogP contribution in [0.3, 0.4) is 0 Å². The predicted molar refractivity (Wildman–Crippen MR) is 120 cm³/mol. The van der Waals surface area contributed by atoms with Gasteiger partial charge in [-0.1, -0.05) is 18.6 Å². The molecule has 1 heterocycles. The molecule has 0 unspecified atom stereocenters. The molecule has 1 aliphatic heterocycles. The maximum absolute atomic E-state index is 12.7. The summed E-state index contributed by atoms with van der Waals surface area (Å²) in [6.45, 7) is 1.12. The Labute approximate surface area is 182 Å². The third-order valence-corrected chi connectivity index (χ3v) is 6.96. The third-order valence-electron chi connectivity index (χ3n) is 4.84. The molecule has 1 saturated heterocycles. The summed E-state index contributed by atoms with van der Waals surface area (Å²) >= 11 is 5.19. The number of thiocarbonyl (C=S) groups is 1. The largest absolute Gasteiger partial charge is 0.497 e. The van der Waals surface area contributed by atoms with Crippen molar-refractivity contribution in [2.45, 2.75) is 30.6 Å². The van der Waals surface area contributed by atoms with Gasteiger partial charge in [0.05, 0.1) is 18.4 Å². The highest BCUT2D eigenvalue weighted by atomic mass is 32.2. The minimum atomic E-state index is -3.47. The van der Waals surface area contributed by atoms with Crippen molar-refractivity contribution in [2.24, 2.45) is 0 Å². The zero-order valence-electron chi connectivity index (χ0n) is 16.8. The minimum Gasteiger partial charge on any atom is -0.497 e. The lowest BCUT2D eigenvalue weighted by atomic mass is 10.1. The van der Waals surface area contributed by atoms with Gasteiger partial charge in [-0.25, -0.2) is 8.42 Å². The van der Waals surface area contributed by atoms with Gasteiger partial charge in [0, 0.05) is 18.8 Å². The van der Waals surface area contributed by atoms with Gasteiger partial charge >= 0.3 is 0 Å². The van der Waals surface area contributed by atoms with E-state index in [1.807, 2.05) is 12.1 Å². The normalized spacial score (nSPS) is 14.7. The first-order chi connectivity index (χ1) is 14.4. The molecule has 1 aliphatic rings. The Kier molecular flexibility index (Phi) is 7.41. The van der Waals surface area contributed by atoms with Crippen molar-refractivity contribution in [3.63, 3.8) is 0 Å². The number of anilines is 1. The van der Waals surface area contributed by atoms with E-state index in [0.29, 0.717) is 18.8 Å². The number of nitrogens with zero attached hydrogens (tertiary/aromatic N) is 1. The van der Waals surface area contributed by atoms with Gasteiger partial charge in [-0.05, 0) is 67.0 Å². The maximum Gasteiger partial charge on any atom is 0.243 e. The highest BCUT2D eigenvalue weighted by Gasteiger charge is 2.25. The summed E-state index contributed by atoms with van der Waals surface area (Å²) in [6, 6.07) is 13.6. The van der Waals surface area contributed by atoms with Crippen LogP contribution in [-0.2, 0) is 21.2 Å². The van der Waals surface area contributed by atoms with Gasteiger partial charge in [-0.3, -0.25) is 4.79 Å². The molecule has 160 valence electrons. The van der Waals surface area contributed by atoms with E-state index >= 15 is 0 Å². The first-order valence-corrected chi connectivity index (χ1v) is 11.6. The number of nitrogens with one attached hydrogen (secondary N) is 2. The van der Waals surface area contributed by atoms with Crippen LogP contribution in [0, 0.1) is 0 Å². The molecule has 0 bridgehead atoms. The van der Waals surface area contributed by atoms with Crippen molar-refractivity contribution < 1.29 is 17.9 Å². The van der Waals surface area contributed by atoms with E-state index in [4.69, 9.17) is 17.0 Å². The number of hydrogen-bond donors (Lipinski definition) is 2. The van der Waals surface area contributed by atoms with E-state index in [2.05, 4.69) is 10.6 Å². The molecule has 7 nitrogen and oxygen atoms in total. The van der Waals surface area contributed by atoms with Crippen molar-refractivity contribution in [2.75, 3.05) is 25.5 Å². The number of carbonyl (C=O) groups is 1.